The normalized spacial score (nSPS) is 28.5. The van der Waals surface area contributed by atoms with Gasteiger partial charge in [0.25, 0.3) is 0 Å². The molecule has 0 aromatic rings. The van der Waals surface area contributed by atoms with Crippen molar-refractivity contribution in [1.29, 1.82) is 0 Å². The summed E-state index contributed by atoms with van der Waals surface area (Å²) in [6.07, 6.45) is 5.81. The average Bonchev–Trinajstić information content (AvgIpc) is 2.29. The van der Waals surface area contributed by atoms with Gasteiger partial charge in [-0.05, 0) is 26.2 Å². The SMILES string of the molecule is CCCC(C)(N)C(=O)NC1CCCCC1CO. The van der Waals surface area contributed by atoms with Gasteiger partial charge in [-0.2, -0.15) is 0 Å². The number of nitrogens with one attached hydrogen (secondary N) is 1. The summed E-state index contributed by atoms with van der Waals surface area (Å²) in [7, 11) is 0. The molecule has 4 heteroatoms. The van der Waals surface area contributed by atoms with Crippen LogP contribution in [0, 0.1) is 5.92 Å². The second kappa shape index (κ2) is 6.36. The van der Waals surface area contributed by atoms with Crippen molar-refractivity contribution < 1.29 is 9.90 Å². The lowest BCUT2D eigenvalue weighted by atomic mass is 9.84. The molecule has 3 unspecified atom stereocenters. The minimum Gasteiger partial charge on any atom is -0.396 e. The molecule has 0 aromatic heterocycles. The van der Waals surface area contributed by atoms with E-state index in [1.54, 1.807) is 6.92 Å². The first-order chi connectivity index (χ1) is 8.01. The van der Waals surface area contributed by atoms with E-state index in [1.807, 2.05) is 6.92 Å². The minimum absolute atomic E-state index is 0.0790. The van der Waals surface area contributed by atoms with Crippen molar-refractivity contribution >= 4 is 5.91 Å². The number of nitrogens with two attached hydrogens (primary N) is 1. The molecule has 0 saturated heterocycles. The molecule has 4 nitrogen and oxygen atoms in total. The molecule has 0 bridgehead atoms. The standard InChI is InChI=1S/C13H26N2O2/c1-3-8-13(2,14)12(17)15-11-7-5-4-6-10(11)9-16/h10-11,16H,3-9,14H2,1-2H3,(H,15,17). The zero-order valence-electron chi connectivity index (χ0n) is 11.0. The number of carbonyl (C=O) groups excluding carboxylic acids is 1. The van der Waals surface area contributed by atoms with Gasteiger partial charge in [0.1, 0.15) is 0 Å². The summed E-state index contributed by atoms with van der Waals surface area (Å²) in [6, 6.07) is 0.0981. The van der Waals surface area contributed by atoms with Gasteiger partial charge in [0.2, 0.25) is 5.91 Å². The van der Waals surface area contributed by atoms with Crippen molar-refractivity contribution in [2.24, 2.45) is 11.7 Å². The highest BCUT2D eigenvalue weighted by Gasteiger charge is 2.32. The lowest BCUT2D eigenvalue weighted by molar-refractivity contribution is -0.127. The van der Waals surface area contributed by atoms with Gasteiger partial charge in [0.05, 0.1) is 5.54 Å². The quantitative estimate of drug-likeness (QED) is 0.677. The number of hydrogen-bond donors (Lipinski definition) is 3. The van der Waals surface area contributed by atoms with Crippen LogP contribution in [0.3, 0.4) is 0 Å². The van der Waals surface area contributed by atoms with Crippen molar-refractivity contribution in [3.05, 3.63) is 0 Å². The summed E-state index contributed by atoms with van der Waals surface area (Å²) in [5.41, 5.74) is 5.21. The molecule has 17 heavy (non-hydrogen) atoms. The van der Waals surface area contributed by atoms with Crippen LogP contribution in [0.25, 0.3) is 0 Å². The summed E-state index contributed by atoms with van der Waals surface area (Å²) >= 11 is 0. The van der Waals surface area contributed by atoms with Crippen LogP contribution < -0.4 is 11.1 Å². The molecule has 1 amide bonds. The monoisotopic (exact) mass is 242 g/mol. The summed E-state index contributed by atoms with van der Waals surface area (Å²) in [5.74, 6) is 0.120. The molecule has 0 spiro atoms. The number of aliphatic hydroxyl groups excluding tert-OH is 1. The molecule has 4 N–H and O–H groups in total. The molecule has 0 aliphatic heterocycles. The van der Waals surface area contributed by atoms with E-state index < -0.39 is 5.54 Å². The summed E-state index contributed by atoms with van der Waals surface area (Å²) < 4.78 is 0. The van der Waals surface area contributed by atoms with E-state index in [-0.39, 0.29) is 24.5 Å². The Morgan fingerprint density at radius 2 is 2.12 bits per heavy atom. The third-order valence-corrected chi connectivity index (χ3v) is 3.75. The first kappa shape index (κ1) is 14.5. The number of amides is 1. The van der Waals surface area contributed by atoms with Crippen LogP contribution in [0.5, 0.6) is 0 Å². The van der Waals surface area contributed by atoms with Crippen LogP contribution in [0.2, 0.25) is 0 Å². The Morgan fingerprint density at radius 1 is 1.47 bits per heavy atom. The summed E-state index contributed by atoms with van der Waals surface area (Å²) in [6.45, 7) is 3.96. The van der Waals surface area contributed by atoms with Gasteiger partial charge >= 0.3 is 0 Å². The Bertz CT molecular complexity index is 254. The first-order valence-electron chi connectivity index (χ1n) is 6.72. The van der Waals surface area contributed by atoms with Crippen LogP contribution in [0.4, 0.5) is 0 Å². The maximum Gasteiger partial charge on any atom is 0.240 e. The van der Waals surface area contributed by atoms with Gasteiger partial charge in [-0.15, -0.1) is 0 Å². The molecule has 100 valence electrons. The van der Waals surface area contributed by atoms with E-state index >= 15 is 0 Å². The van der Waals surface area contributed by atoms with Crippen molar-refractivity contribution in [3.63, 3.8) is 0 Å². The maximum atomic E-state index is 12.1. The Labute approximate surface area is 104 Å². The highest BCUT2D eigenvalue weighted by atomic mass is 16.3. The van der Waals surface area contributed by atoms with Gasteiger partial charge in [-0.1, -0.05) is 26.2 Å². The largest absolute Gasteiger partial charge is 0.396 e. The number of carbonyl (C=O) groups is 1. The third-order valence-electron chi connectivity index (χ3n) is 3.75. The fourth-order valence-corrected chi connectivity index (χ4v) is 2.58. The first-order valence-corrected chi connectivity index (χ1v) is 6.72. The highest BCUT2D eigenvalue weighted by molar-refractivity contribution is 5.85. The highest BCUT2D eigenvalue weighted by Crippen LogP contribution is 2.24. The molecule has 3 atom stereocenters. The smallest absolute Gasteiger partial charge is 0.240 e. The van der Waals surface area contributed by atoms with Crippen molar-refractivity contribution in [2.45, 2.75) is 64.0 Å². The number of rotatable bonds is 5. The number of hydrogen-bond acceptors (Lipinski definition) is 3. The molecule has 0 aromatic carbocycles. The Morgan fingerprint density at radius 3 is 2.71 bits per heavy atom. The van der Waals surface area contributed by atoms with Gasteiger partial charge in [-0.3, -0.25) is 4.79 Å². The fourth-order valence-electron chi connectivity index (χ4n) is 2.58. The van der Waals surface area contributed by atoms with Crippen LogP contribution in [-0.2, 0) is 4.79 Å². The third kappa shape index (κ3) is 3.96. The summed E-state index contributed by atoms with van der Waals surface area (Å²) in [5, 5.41) is 12.3. The molecule has 0 radical (unpaired) electrons. The topological polar surface area (TPSA) is 75.4 Å². The zero-order valence-corrected chi connectivity index (χ0v) is 11.0. The van der Waals surface area contributed by atoms with Crippen LogP contribution in [0.15, 0.2) is 0 Å². The molecular weight excluding hydrogens is 216 g/mol. The lowest BCUT2D eigenvalue weighted by Gasteiger charge is -2.33. The Hall–Kier alpha value is -0.610. The number of aliphatic hydroxyl groups is 1. The lowest BCUT2D eigenvalue weighted by Crippen LogP contribution is -2.56. The molecule has 1 rings (SSSR count). The second-order valence-corrected chi connectivity index (χ2v) is 5.47. The molecule has 1 saturated carbocycles. The van der Waals surface area contributed by atoms with Crippen molar-refractivity contribution in [2.75, 3.05) is 6.61 Å². The van der Waals surface area contributed by atoms with E-state index in [0.717, 1.165) is 32.1 Å². The van der Waals surface area contributed by atoms with Gasteiger partial charge in [0.15, 0.2) is 0 Å². The molecule has 1 aliphatic rings. The maximum absolute atomic E-state index is 12.1. The van der Waals surface area contributed by atoms with Crippen LogP contribution in [-0.4, -0.2) is 29.2 Å². The van der Waals surface area contributed by atoms with Gasteiger partial charge < -0.3 is 16.2 Å². The van der Waals surface area contributed by atoms with E-state index in [9.17, 15) is 9.90 Å². The van der Waals surface area contributed by atoms with Crippen molar-refractivity contribution in [1.82, 2.24) is 5.32 Å². The molecule has 1 fully saturated rings. The molecule has 1 aliphatic carbocycles. The minimum atomic E-state index is -0.786. The van der Waals surface area contributed by atoms with Crippen LogP contribution in [0.1, 0.15) is 52.4 Å². The predicted molar refractivity (Wildman–Crippen MR) is 68.5 cm³/mol. The Balaban J connectivity index is 2.54. The van der Waals surface area contributed by atoms with E-state index in [4.69, 9.17) is 5.73 Å². The van der Waals surface area contributed by atoms with E-state index in [0.29, 0.717) is 6.42 Å². The molecular formula is C13H26N2O2. The average molecular weight is 242 g/mol. The van der Waals surface area contributed by atoms with Crippen LogP contribution >= 0.6 is 0 Å². The zero-order chi connectivity index (χ0) is 12.9. The second-order valence-electron chi connectivity index (χ2n) is 5.47. The van der Waals surface area contributed by atoms with E-state index in [1.165, 1.54) is 0 Å². The predicted octanol–water partition coefficient (Wildman–Crippen LogP) is 1.17. The fraction of sp³-hybridized carbons (Fsp3) is 0.923. The summed E-state index contributed by atoms with van der Waals surface area (Å²) in [4.78, 5) is 12.1. The van der Waals surface area contributed by atoms with Crippen molar-refractivity contribution in [3.8, 4) is 0 Å². The molecule has 0 heterocycles. The van der Waals surface area contributed by atoms with Gasteiger partial charge in [-0.25, -0.2) is 0 Å². The van der Waals surface area contributed by atoms with Gasteiger partial charge in [0, 0.05) is 18.6 Å². The van der Waals surface area contributed by atoms with E-state index in [2.05, 4.69) is 5.32 Å². The Kier molecular flexibility index (Phi) is 5.40.